The monoisotopic (exact) mass is 497 g/mol. The number of carbonyl (C=O) groups excluding carboxylic acids is 1. The van der Waals surface area contributed by atoms with E-state index in [4.69, 9.17) is 16.3 Å². The number of aliphatic hydroxyl groups is 1. The Morgan fingerprint density at radius 3 is 2.51 bits per heavy atom. The van der Waals surface area contributed by atoms with Crippen molar-refractivity contribution in [2.45, 2.75) is 25.0 Å². The molecule has 0 saturated carbocycles. The molecule has 180 valence electrons. The lowest BCUT2D eigenvalue weighted by Gasteiger charge is -2.38. The van der Waals surface area contributed by atoms with Gasteiger partial charge in [-0.15, -0.1) is 0 Å². The highest BCUT2D eigenvalue weighted by molar-refractivity contribution is 6.30. The molecule has 8 nitrogen and oxygen atoms in total. The summed E-state index contributed by atoms with van der Waals surface area (Å²) < 4.78 is 20.1. The van der Waals surface area contributed by atoms with Crippen molar-refractivity contribution in [3.05, 3.63) is 105 Å². The van der Waals surface area contributed by atoms with Crippen molar-refractivity contribution in [3.63, 3.8) is 0 Å². The average Bonchev–Trinajstić information content (AvgIpc) is 3.26. The topological polar surface area (TPSA) is 105 Å². The number of nitro groups is 1. The van der Waals surface area contributed by atoms with E-state index in [0.717, 1.165) is 0 Å². The first-order valence-electron chi connectivity index (χ1n) is 10.8. The molecule has 0 saturated heterocycles. The molecule has 1 aliphatic heterocycles. The fourth-order valence-electron chi connectivity index (χ4n) is 4.17. The zero-order valence-electron chi connectivity index (χ0n) is 18.6. The Kier molecular flexibility index (Phi) is 6.81. The second-order valence-electron chi connectivity index (χ2n) is 7.85. The number of anilines is 1. The van der Waals surface area contributed by atoms with E-state index in [-0.39, 0.29) is 35.6 Å². The third kappa shape index (κ3) is 4.36. The van der Waals surface area contributed by atoms with Gasteiger partial charge in [-0.2, -0.15) is 5.10 Å². The van der Waals surface area contributed by atoms with Gasteiger partial charge < -0.3 is 9.84 Å². The van der Waals surface area contributed by atoms with Gasteiger partial charge in [0.1, 0.15) is 11.9 Å². The maximum atomic E-state index is 14.7. The Labute approximate surface area is 205 Å². The van der Waals surface area contributed by atoms with Gasteiger partial charge in [-0.25, -0.2) is 14.2 Å². The number of para-hydroxylation sites is 1. The summed E-state index contributed by atoms with van der Waals surface area (Å²) >= 11 is 6.04. The van der Waals surface area contributed by atoms with Gasteiger partial charge in [-0.3, -0.25) is 10.1 Å². The molecule has 0 bridgehead atoms. The first-order valence-corrected chi connectivity index (χ1v) is 11.1. The van der Waals surface area contributed by atoms with E-state index in [9.17, 15) is 24.4 Å². The predicted molar refractivity (Wildman–Crippen MR) is 129 cm³/mol. The van der Waals surface area contributed by atoms with E-state index >= 15 is 0 Å². The van der Waals surface area contributed by atoms with Gasteiger partial charge in [-0.05, 0) is 43.3 Å². The SMILES string of the molecule is CCOC(=O)[C@@]1([C@H](O)c2ccccc2[N+](=O)[O-])CC(c2ccccc2F)=NN1c1ccc(Cl)cc1. The minimum atomic E-state index is -1.96. The number of nitrogens with zero attached hydrogens (tertiary/aromatic N) is 3. The van der Waals surface area contributed by atoms with Crippen LogP contribution in [0.4, 0.5) is 15.8 Å². The molecule has 1 N–H and O–H groups in total. The first-order chi connectivity index (χ1) is 16.8. The number of rotatable bonds is 7. The standard InChI is InChI=1S/C25H21ClFN3O5/c1-2-35-24(32)25(23(31)19-8-4-6-10-22(19)30(33)34)15-21(18-7-3-5-9-20(18)27)28-29(25)17-13-11-16(26)12-14-17/h3-14,23,31H,2,15H2,1H3/t23-,25+/m1/s1. The number of esters is 1. The largest absolute Gasteiger partial charge is 0.464 e. The molecule has 35 heavy (non-hydrogen) atoms. The number of hydrogen-bond acceptors (Lipinski definition) is 7. The fraction of sp³-hybridized carbons (Fsp3) is 0.200. The van der Waals surface area contributed by atoms with Crippen LogP contribution in [-0.4, -0.2) is 33.9 Å². The number of carbonyl (C=O) groups is 1. The molecule has 0 aliphatic carbocycles. The Morgan fingerprint density at radius 2 is 1.86 bits per heavy atom. The van der Waals surface area contributed by atoms with E-state index in [2.05, 4.69) is 5.10 Å². The van der Waals surface area contributed by atoms with Crippen molar-refractivity contribution in [1.29, 1.82) is 0 Å². The highest BCUT2D eigenvalue weighted by Gasteiger charge is 2.58. The van der Waals surface area contributed by atoms with E-state index < -0.39 is 28.4 Å². The van der Waals surface area contributed by atoms with Crippen LogP contribution in [0.15, 0.2) is 77.9 Å². The predicted octanol–water partition coefficient (Wildman–Crippen LogP) is 5.04. The molecule has 3 aromatic rings. The van der Waals surface area contributed by atoms with E-state index in [1.54, 1.807) is 37.3 Å². The van der Waals surface area contributed by atoms with Gasteiger partial charge in [0.15, 0.2) is 5.54 Å². The van der Waals surface area contributed by atoms with Crippen LogP contribution < -0.4 is 5.01 Å². The summed E-state index contributed by atoms with van der Waals surface area (Å²) in [6.45, 7) is 1.58. The number of aliphatic hydroxyl groups excluding tert-OH is 1. The van der Waals surface area contributed by atoms with Gasteiger partial charge in [0.05, 0.1) is 28.5 Å². The molecule has 0 amide bonds. The van der Waals surface area contributed by atoms with Gasteiger partial charge in [-0.1, -0.05) is 41.9 Å². The normalized spacial score (nSPS) is 18.2. The highest BCUT2D eigenvalue weighted by atomic mass is 35.5. The summed E-state index contributed by atoms with van der Waals surface area (Å²) in [7, 11) is 0. The van der Waals surface area contributed by atoms with Crippen LogP contribution in [0.25, 0.3) is 0 Å². The van der Waals surface area contributed by atoms with Crippen molar-refractivity contribution >= 4 is 34.7 Å². The van der Waals surface area contributed by atoms with Crippen molar-refractivity contribution in [1.82, 2.24) is 0 Å². The molecule has 0 spiro atoms. The lowest BCUT2D eigenvalue weighted by atomic mass is 9.81. The Morgan fingerprint density at radius 1 is 1.20 bits per heavy atom. The Bertz CT molecular complexity index is 1300. The van der Waals surface area contributed by atoms with Crippen LogP contribution >= 0.6 is 11.6 Å². The summed E-state index contributed by atoms with van der Waals surface area (Å²) in [6, 6.07) is 17.8. The number of halogens is 2. The van der Waals surface area contributed by atoms with Gasteiger partial charge >= 0.3 is 5.97 Å². The van der Waals surface area contributed by atoms with Crippen LogP contribution in [0, 0.1) is 15.9 Å². The minimum absolute atomic E-state index is 0.0202. The maximum absolute atomic E-state index is 14.7. The summed E-state index contributed by atoms with van der Waals surface area (Å²) in [6.07, 6.45) is -2.03. The van der Waals surface area contributed by atoms with Gasteiger partial charge in [0.2, 0.25) is 0 Å². The fourth-order valence-corrected chi connectivity index (χ4v) is 4.30. The number of benzene rings is 3. The number of hydrazone groups is 1. The molecular weight excluding hydrogens is 477 g/mol. The first kappa shape index (κ1) is 24.3. The molecule has 10 heteroatoms. The highest BCUT2D eigenvalue weighted by Crippen LogP contribution is 2.46. The molecule has 0 radical (unpaired) electrons. The molecule has 3 aromatic carbocycles. The minimum Gasteiger partial charge on any atom is -0.464 e. The Balaban J connectivity index is 1.96. The smallest absolute Gasteiger partial charge is 0.337 e. The Hall–Kier alpha value is -3.82. The molecule has 4 rings (SSSR count). The lowest BCUT2D eigenvalue weighted by Crippen LogP contribution is -2.55. The zero-order chi connectivity index (χ0) is 25.2. The second kappa shape index (κ2) is 9.81. The average molecular weight is 498 g/mol. The summed E-state index contributed by atoms with van der Waals surface area (Å²) in [5.74, 6) is -1.43. The van der Waals surface area contributed by atoms with E-state index in [0.29, 0.717) is 10.7 Å². The molecule has 1 aliphatic rings. The van der Waals surface area contributed by atoms with Gasteiger partial charge in [0, 0.05) is 23.1 Å². The molecular formula is C25H21ClFN3O5. The molecule has 2 atom stereocenters. The lowest BCUT2D eigenvalue weighted by molar-refractivity contribution is -0.386. The molecule has 0 unspecified atom stereocenters. The maximum Gasteiger partial charge on any atom is 0.337 e. The number of hydrogen-bond donors (Lipinski definition) is 1. The van der Waals surface area contributed by atoms with Gasteiger partial charge in [0.25, 0.3) is 5.69 Å². The van der Waals surface area contributed by atoms with Crippen LogP contribution in [0.5, 0.6) is 0 Å². The van der Waals surface area contributed by atoms with Crippen molar-refractivity contribution < 1.29 is 24.0 Å². The number of nitro benzene ring substituents is 1. The van der Waals surface area contributed by atoms with Crippen molar-refractivity contribution in [3.8, 4) is 0 Å². The second-order valence-corrected chi connectivity index (χ2v) is 8.29. The molecule has 0 fully saturated rings. The number of ether oxygens (including phenoxy) is 1. The van der Waals surface area contributed by atoms with Crippen LogP contribution in [0.2, 0.25) is 5.02 Å². The van der Waals surface area contributed by atoms with Crippen LogP contribution in [-0.2, 0) is 9.53 Å². The third-order valence-corrected chi connectivity index (χ3v) is 6.05. The quantitative estimate of drug-likeness (QED) is 0.278. The van der Waals surface area contributed by atoms with Crippen molar-refractivity contribution in [2.24, 2.45) is 5.10 Å². The summed E-state index contributed by atoms with van der Waals surface area (Å²) in [5.41, 5.74) is -1.79. The van der Waals surface area contributed by atoms with E-state index in [1.807, 2.05) is 0 Å². The molecule has 0 aromatic heterocycles. The molecule has 1 heterocycles. The van der Waals surface area contributed by atoms with Crippen LogP contribution in [0.1, 0.15) is 30.6 Å². The zero-order valence-corrected chi connectivity index (χ0v) is 19.4. The van der Waals surface area contributed by atoms with Crippen LogP contribution in [0.3, 0.4) is 0 Å². The summed E-state index contributed by atoms with van der Waals surface area (Å²) in [5, 5.41) is 29.6. The third-order valence-electron chi connectivity index (χ3n) is 5.80. The van der Waals surface area contributed by atoms with E-state index in [1.165, 1.54) is 47.5 Å². The van der Waals surface area contributed by atoms with Crippen molar-refractivity contribution in [2.75, 3.05) is 11.6 Å². The summed E-state index contributed by atoms with van der Waals surface area (Å²) in [4.78, 5) is 24.7.